The Morgan fingerprint density at radius 3 is 3.00 bits per heavy atom. The molecular formula is C11H17N. The molecule has 3 unspecified atom stereocenters. The number of hydrogen-bond acceptors (Lipinski definition) is 1. The summed E-state index contributed by atoms with van der Waals surface area (Å²) in [6.45, 7) is 3.46. The minimum Gasteiger partial charge on any atom is -0.313 e. The molecule has 0 radical (unpaired) electrons. The first-order valence-corrected chi connectivity index (χ1v) is 5.00. The maximum atomic E-state index is 3.58. The Morgan fingerprint density at radius 1 is 1.33 bits per heavy atom. The van der Waals surface area contributed by atoms with Gasteiger partial charge < -0.3 is 5.32 Å². The Labute approximate surface area is 74.5 Å². The van der Waals surface area contributed by atoms with E-state index in [4.69, 9.17) is 0 Å². The van der Waals surface area contributed by atoms with Gasteiger partial charge in [-0.25, -0.2) is 0 Å². The van der Waals surface area contributed by atoms with Crippen molar-refractivity contribution < 1.29 is 0 Å². The molecule has 1 heterocycles. The summed E-state index contributed by atoms with van der Waals surface area (Å²) in [4.78, 5) is 0. The van der Waals surface area contributed by atoms with E-state index < -0.39 is 0 Å². The van der Waals surface area contributed by atoms with Gasteiger partial charge in [-0.05, 0) is 31.2 Å². The van der Waals surface area contributed by atoms with Crippen molar-refractivity contribution in [3.05, 3.63) is 24.3 Å². The zero-order valence-corrected chi connectivity index (χ0v) is 7.66. The number of hydrogen-bond donors (Lipinski definition) is 1. The van der Waals surface area contributed by atoms with Gasteiger partial charge in [-0.2, -0.15) is 0 Å². The van der Waals surface area contributed by atoms with Crippen LogP contribution in [0.5, 0.6) is 0 Å². The first-order chi connectivity index (χ1) is 5.92. The second-order valence-electron chi connectivity index (χ2n) is 3.77. The number of allylic oxidation sites excluding steroid dienone is 3. The average Bonchev–Trinajstić information content (AvgIpc) is 2.17. The van der Waals surface area contributed by atoms with Crippen molar-refractivity contribution >= 4 is 0 Å². The van der Waals surface area contributed by atoms with Crippen LogP contribution in [0.4, 0.5) is 0 Å². The Bertz CT molecular complexity index is 205. The van der Waals surface area contributed by atoms with Crippen LogP contribution < -0.4 is 5.32 Å². The zero-order valence-electron chi connectivity index (χ0n) is 7.66. The first-order valence-electron chi connectivity index (χ1n) is 5.00. The summed E-state index contributed by atoms with van der Waals surface area (Å²) < 4.78 is 0. The molecule has 1 heteroatoms. The first kappa shape index (κ1) is 8.06. The van der Waals surface area contributed by atoms with Crippen LogP contribution in [-0.2, 0) is 0 Å². The van der Waals surface area contributed by atoms with E-state index in [9.17, 15) is 0 Å². The second-order valence-corrected chi connectivity index (χ2v) is 3.77. The van der Waals surface area contributed by atoms with Gasteiger partial charge in [-0.15, -0.1) is 0 Å². The molecule has 2 aliphatic rings. The van der Waals surface area contributed by atoms with Crippen molar-refractivity contribution in [1.82, 2.24) is 5.32 Å². The van der Waals surface area contributed by atoms with Gasteiger partial charge in [-0.1, -0.05) is 31.2 Å². The standard InChI is InChI=1S/C11H17N/c1-2-11-10-6-4-3-5-9(10)7-8-12-11/h3-6,9-12H,2,7-8H2,1H3. The third-order valence-electron chi connectivity index (χ3n) is 3.09. The molecule has 12 heavy (non-hydrogen) atoms. The molecule has 1 aliphatic carbocycles. The molecule has 0 spiro atoms. The second kappa shape index (κ2) is 3.44. The zero-order chi connectivity index (χ0) is 8.39. The van der Waals surface area contributed by atoms with Crippen LogP contribution in [0, 0.1) is 11.8 Å². The molecule has 3 atom stereocenters. The maximum absolute atomic E-state index is 3.58. The minimum atomic E-state index is 0.713. The predicted octanol–water partition coefficient (Wildman–Crippen LogP) is 2.12. The van der Waals surface area contributed by atoms with Crippen molar-refractivity contribution in [3.8, 4) is 0 Å². The normalized spacial score (nSPS) is 39.6. The average molecular weight is 163 g/mol. The summed E-state index contributed by atoms with van der Waals surface area (Å²) >= 11 is 0. The van der Waals surface area contributed by atoms with Crippen LogP contribution in [0.3, 0.4) is 0 Å². The molecular weight excluding hydrogens is 146 g/mol. The lowest BCUT2D eigenvalue weighted by Gasteiger charge is -2.36. The van der Waals surface area contributed by atoms with Crippen LogP contribution in [-0.4, -0.2) is 12.6 Å². The monoisotopic (exact) mass is 163 g/mol. The third-order valence-corrected chi connectivity index (χ3v) is 3.09. The Morgan fingerprint density at radius 2 is 2.17 bits per heavy atom. The van der Waals surface area contributed by atoms with E-state index in [-0.39, 0.29) is 0 Å². The molecule has 0 amide bonds. The van der Waals surface area contributed by atoms with Gasteiger partial charge in [0.05, 0.1) is 0 Å². The fraction of sp³-hybridized carbons (Fsp3) is 0.636. The van der Waals surface area contributed by atoms with E-state index in [1.54, 1.807) is 0 Å². The van der Waals surface area contributed by atoms with Gasteiger partial charge in [0.25, 0.3) is 0 Å². The third kappa shape index (κ3) is 1.34. The van der Waals surface area contributed by atoms with Crippen LogP contribution in [0.2, 0.25) is 0 Å². The van der Waals surface area contributed by atoms with Crippen molar-refractivity contribution in [2.75, 3.05) is 6.54 Å². The lowest BCUT2D eigenvalue weighted by molar-refractivity contribution is 0.262. The summed E-state index contributed by atoms with van der Waals surface area (Å²) in [6.07, 6.45) is 11.7. The summed E-state index contributed by atoms with van der Waals surface area (Å²) in [5, 5.41) is 3.58. The number of fused-ring (bicyclic) bond motifs is 1. The highest BCUT2D eigenvalue weighted by atomic mass is 14.9. The molecule has 0 aromatic rings. The summed E-state index contributed by atoms with van der Waals surface area (Å²) in [5.74, 6) is 1.56. The van der Waals surface area contributed by atoms with E-state index >= 15 is 0 Å². The predicted molar refractivity (Wildman–Crippen MR) is 52.0 cm³/mol. The van der Waals surface area contributed by atoms with Crippen molar-refractivity contribution in [2.24, 2.45) is 11.8 Å². The molecule has 0 aromatic heterocycles. The summed E-state index contributed by atoms with van der Waals surface area (Å²) in [6, 6.07) is 0.713. The summed E-state index contributed by atoms with van der Waals surface area (Å²) in [7, 11) is 0. The SMILES string of the molecule is CCC1NCCC2C=CC=CC21. The molecule has 1 nitrogen and oxygen atoms in total. The van der Waals surface area contributed by atoms with Crippen molar-refractivity contribution in [2.45, 2.75) is 25.8 Å². The van der Waals surface area contributed by atoms with E-state index in [1.807, 2.05) is 0 Å². The van der Waals surface area contributed by atoms with Gasteiger partial charge in [0, 0.05) is 6.04 Å². The Hall–Kier alpha value is -0.560. The van der Waals surface area contributed by atoms with Crippen molar-refractivity contribution in [1.29, 1.82) is 0 Å². The van der Waals surface area contributed by atoms with Gasteiger partial charge >= 0.3 is 0 Å². The van der Waals surface area contributed by atoms with Crippen molar-refractivity contribution in [3.63, 3.8) is 0 Å². The Balaban J connectivity index is 2.11. The quantitative estimate of drug-likeness (QED) is 0.624. The van der Waals surface area contributed by atoms with Crippen LogP contribution in [0.25, 0.3) is 0 Å². The molecule has 2 rings (SSSR count). The topological polar surface area (TPSA) is 12.0 Å². The van der Waals surface area contributed by atoms with Gasteiger partial charge in [0.1, 0.15) is 0 Å². The number of nitrogens with one attached hydrogen (secondary N) is 1. The molecule has 1 saturated heterocycles. The molecule has 0 saturated carbocycles. The van der Waals surface area contributed by atoms with Gasteiger partial charge in [0.2, 0.25) is 0 Å². The highest BCUT2D eigenvalue weighted by Gasteiger charge is 2.29. The fourth-order valence-corrected chi connectivity index (χ4v) is 2.38. The largest absolute Gasteiger partial charge is 0.313 e. The highest BCUT2D eigenvalue weighted by molar-refractivity contribution is 5.17. The molecule has 0 bridgehead atoms. The molecule has 66 valence electrons. The van der Waals surface area contributed by atoms with Crippen LogP contribution in [0.15, 0.2) is 24.3 Å². The maximum Gasteiger partial charge on any atom is 0.0133 e. The summed E-state index contributed by atoms with van der Waals surface area (Å²) in [5.41, 5.74) is 0. The smallest absolute Gasteiger partial charge is 0.0133 e. The highest BCUT2D eigenvalue weighted by Crippen LogP contribution is 2.29. The minimum absolute atomic E-state index is 0.713. The van der Waals surface area contributed by atoms with E-state index in [1.165, 1.54) is 19.4 Å². The number of piperidine rings is 1. The van der Waals surface area contributed by atoms with Gasteiger partial charge in [0.15, 0.2) is 0 Å². The van der Waals surface area contributed by atoms with Crippen LogP contribution >= 0.6 is 0 Å². The Kier molecular flexibility index (Phi) is 2.31. The lowest BCUT2D eigenvalue weighted by Crippen LogP contribution is -2.44. The molecule has 1 aliphatic heterocycles. The number of rotatable bonds is 1. The van der Waals surface area contributed by atoms with Gasteiger partial charge in [-0.3, -0.25) is 0 Å². The fourth-order valence-electron chi connectivity index (χ4n) is 2.38. The lowest BCUT2D eigenvalue weighted by atomic mass is 9.77. The van der Waals surface area contributed by atoms with E-state index in [0.717, 1.165) is 11.8 Å². The molecule has 0 aromatic carbocycles. The van der Waals surface area contributed by atoms with E-state index in [0.29, 0.717) is 6.04 Å². The molecule has 1 fully saturated rings. The molecule has 1 N–H and O–H groups in total. The van der Waals surface area contributed by atoms with Crippen LogP contribution in [0.1, 0.15) is 19.8 Å². The van der Waals surface area contributed by atoms with E-state index in [2.05, 4.69) is 36.5 Å².